The van der Waals surface area contributed by atoms with Gasteiger partial charge in [0, 0.05) is 23.2 Å². The lowest BCUT2D eigenvalue weighted by atomic mass is 10.1. The third-order valence-corrected chi connectivity index (χ3v) is 2.44. The SMILES string of the molecule is Cc1[nH]c(=O)c(CN)c2ccccc12. The van der Waals surface area contributed by atoms with Gasteiger partial charge in [-0.1, -0.05) is 24.3 Å². The van der Waals surface area contributed by atoms with E-state index < -0.39 is 0 Å². The van der Waals surface area contributed by atoms with Crippen molar-refractivity contribution in [3.63, 3.8) is 0 Å². The Morgan fingerprint density at radius 3 is 2.57 bits per heavy atom. The van der Waals surface area contributed by atoms with E-state index in [1.54, 1.807) is 0 Å². The van der Waals surface area contributed by atoms with Gasteiger partial charge in [0.2, 0.25) is 0 Å². The first kappa shape index (κ1) is 8.97. The molecular formula is C11H12N2O. The molecule has 1 heterocycles. The van der Waals surface area contributed by atoms with E-state index in [9.17, 15) is 4.79 Å². The second-order valence-electron chi connectivity index (χ2n) is 3.31. The first-order valence-electron chi connectivity index (χ1n) is 4.54. The fourth-order valence-electron chi connectivity index (χ4n) is 1.71. The summed E-state index contributed by atoms with van der Waals surface area (Å²) in [7, 11) is 0. The van der Waals surface area contributed by atoms with E-state index in [4.69, 9.17) is 5.73 Å². The molecular weight excluding hydrogens is 176 g/mol. The van der Waals surface area contributed by atoms with Gasteiger partial charge in [0.15, 0.2) is 0 Å². The quantitative estimate of drug-likeness (QED) is 0.708. The number of fused-ring (bicyclic) bond motifs is 1. The number of benzene rings is 1. The van der Waals surface area contributed by atoms with E-state index in [1.165, 1.54) is 0 Å². The predicted octanol–water partition coefficient (Wildman–Crippen LogP) is 1.30. The number of hydrogen-bond acceptors (Lipinski definition) is 2. The molecule has 0 saturated carbocycles. The van der Waals surface area contributed by atoms with Crippen molar-refractivity contribution in [3.8, 4) is 0 Å². The number of nitrogens with two attached hydrogens (primary N) is 1. The van der Waals surface area contributed by atoms with Gasteiger partial charge >= 0.3 is 0 Å². The maximum Gasteiger partial charge on any atom is 0.253 e. The Morgan fingerprint density at radius 1 is 1.29 bits per heavy atom. The lowest BCUT2D eigenvalue weighted by molar-refractivity contribution is 1.02. The number of nitrogens with one attached hydrogen (secondary N) is 1. The maximum atomic E-state index is 11.5. The van der Waals surface area contributed by atoms with Crippen LogP contribution in [0.5, 0.6) is 0 Å². The summed E-state index contributed by atoms with van der Waals surface area (Å²) in [6.45, 7) is 2.17. The molecule has 72 valence electrons. The monoisotopic (exact) mass is 188 g/mol. The summed E-state index contributed by atoms with van der Waals surface area (Å²) in [5, 5.41) is 2.02. The number of H-pyrrole nitrogens is 1. The van der Waals surface area contributed by atoms with Crippen LogP contribution in [0.2, 0.25) is 0 Å². The van der Waals surface area contributed by atoms with E-state index in [-0.39, 0.29) is 12.1 Å². The van der Waals surface area contributed by atoms with E-state index in [0.29, 0.717) is 5.56 Å². The topological polar surface area (TPSA) is 58.9 Å². The molecule has 3 nitrogen and oxygen atoms in total. The first-order chi connectivity index (χ1) is 6.74. The molecule has 0 amide bonds. The molecule has 0 radical (unpaired) electrons. The number of aromatic nitrogens is 1. The van der Waals surface area contributed by atoms with Crippen LogP contribution >= 0.6 is 0 Å². The van der Waals surface area contributed by atoms with E-state index in [2.05, 4.69) is 4.98 Å². The maximum absolute atomic E-state index is 11.5. The molecule has 0 saturated heterocycles. The Labute approximate surface area is 81.6 Å². The van der Waals surface area contributed by atoms with Crippen LogP contribution in [0.3, 0.4) is 0 Å². The molecule has 1 aromatic heterocycles. The van der Waals surface area contributed by atoms with Crippen LogP contribution in [-0.4, -0.2) is 4.98 Å². The average molecular weight is 188 g/mol. The molecule has 0 unspecified atom stereocenters. The fourth-order valence-corrected chi connectivity index (χ4v) is 1.71. The summed E-state index contributed by atoms with van der Waals surface area (Å²) < 4.78 is 0. The summed E-state index contributed by atoms with van der Waals surface area (Å²) in [5.74, 6) is 0. The highest BCUT2D eigenvalue weighted by Gasteiger charge is 2.05. The minimum absolute atomic E-state index is 0.0799. The summed E-state index contributed by atoms with van der Waals surface area (Å²) >= 11 is 0. The molecule has 0 aliphatic heterocycles. The van der Waals surface area contributed by atoms with Crippen molar-refractivity contribution in [2.45, 2.75) is 13.5 Å². The van der Waals surface area contributed by atoms with Gasteiger partial charge in [-0.15, -0.1) is 0 Å². The predicted molar refractivity (Wildman–Crippen MR) is 57.2 cm³/mol. The minimum Gasteiger partial charge on any atom is -0.326 e. The molecule has 14 heavy (non-hydrogen) atoms. The Kier molecular flexibility index (Phi) is 2.09. The highest BCUT2D eigenvalue weighted by atomic mass is 16.1. The van der Waals surface area contributed by atoms with Gasteiger partial charge in [-0.05, 0) is 12.3 Å². The number of aryl methyl sites for hydroxylation is 1. The van der Waals surface area contributed by atoms with Crippen LogP contribution < -0.4 is 11.3 Å². The molecule has 3 heteroatoms. The van der Waals surface area contributed by atoms with Crippen molar-refractivity contribution >= 4 is 10.8 Å². The Bertz CT molecular complexity index is 528. The lowest BCUT2D eigenvalue weighted by Crippen LogP contribution is -2.17. The molecule has 3 N–H and O–H groups in total. The summed E-state index contributed by atoms with van der Waals surface area (Å²) in [6, 6.07) is 7.79. The largest absolute Gasteiger partial charge is 0.326 e. The van der Waals surface area contributed by atoms with Crippen molar-refractivity contribution in [3.05, 3.63) is 45.9 Å². The highest BCUT2D eigenvalue weighted by molar-refractivity contribution is 5.87. The number of aromatic amines is 1. The van der Waals surface area contributed by atoms with Crippen LogP contribution in [0.15, 0.2) is 29.1 Å². The number of pyridine rings is 1. The molecule has 2 aromatic rings. The number of hydrogen-bond donors (Lipinski definition) is 2. The highest BCUT2D eigenvalue weighted by Crippen LogP contribution is 2.17. The standard InChI is InChI=1S/C11H12N2O/c1-7-8-4-2-3-5-9(8)10(6-12)11(14)13-7/h2-5H,6,12H2,1H3,(H,13,14). The fraction of sp³-hybridized carbons (Fsp3) is 0.182. The van der Waals surface area contributed by atoms with Gasteiger partial charge in [0.05, 0.1) is 0 Å². The van der Waals surface area contributed by atoms with Gasteiger partial charge < -0.3 is 10.7 Å². The van der Waals surface area contributed by atoms with Crippen molar-refractivity contribution in [1.82, 2.24) is 4.98 Å². The van der Waals surface area contributed by atoms with Crippen molar-refractivity contribution in [2.24, 2.45) is 5.73 Å². The normalized spacial score (nSPS) is 10.7. The summed E-state index contributed by atoms with van der Waals surface area (Å²) in [5.41, 5.74) is 7.02. The van der Waals surface area contributed by atoms with Gasteiger partial charge in [0.1, 0.15) is 0 Å². The smallest absolute Gasteiger partial charge is 0.253 e. The first-order valence-corrected chi connectivity index (χ1v) is 4.54. The summed E-state index contributed by atoms with van der Waals surface area (Å²) in [6.07, 6.45) is 0. The third kappa shape index (κ3) is 1.22. The molecule has 1 aromatic carbocycles. The van der Waals surface area contributed by atoms with E-state index >= 15 is 0 Å². The van der Waals surface area contributed by atoms with Crippen molar-refractivity contribution in [1.29, 1.82) is 0 Å². The average Bonchev–Trinajstić information content (AvgIpc) is 2.18. The molecule has 0 aliphatic carbocycles. The molecule has 0 bridgehead atoms. The van der Waals surface area contributed by atoms with Crippen LogP contribution in [0.25, 0.3) is 10.8 Å². The Hall–Kier alpha value is -1.61. The van der Waals surface area contributed by atoms with Gasteiger partial charge in [-0.3, -0.25) is 4.79 Å². The lowest BCUT2D eigenvalue weighted by Gasteiger charge is -2.05. The minimum atomic E-state index is -0.0799. The Balaban J connectivity index is 2.98. The zero-order valence-electron chi connectivity index (χ0n) is 8.00. The Morgan fingerprint density at radius 2 is 1.93 bits per heavy atom. The second kappa shape index (κ2) is 3.27. The summed E-state index contributed by atoms with van der Waals surface area (Å²) in [4.78, 5) is 14.3. The van der Waals surface area contributed by atoms with Crippen LogP contribution in [0.1, 0.15) is 11.3 Å². The molecule has 0 atom stereocenters. The van der Waals surface area contributed by atoms with Crippen LogP contribution in [0, 0.1) is 6.92 Å². The van der Waals surface area contributed by atoms with Crippen LogP contribution in [-0.2, 0) is 6.54 Å². The zero-order valence-corrected chi connectivity index (χ0v) is 8.00. The zero-order chi connectivity index (χ0) is 10.1. The van der Waals surface area contributed by atoms with Gasteiger partial charge in [-0.25, -0.2) is 0 Å². The van der Waals surface area contributed by atoms with E-state index in [0.717, 1.165) is 16.5 Å². The number of rotatable bonds is 1. The van der Waals surface area contributed by atoms with E-state index in [1.807, 2.05) is 31.2 Å². The third-order valence-electron chi connectivity index (χ3n) is 2.44. The second-order valence-corrected chi connectivity index (χ2v) is 3.31. The van der Waals surface area contributed by atoms with Gasteiger partial charge in [-0.2, -0.15) is 0 Å². The van der Waals surface area contributed by atoms with Gasteiger partial charge in [0.25, 0.3) is 5.56 Å². The molecule has 0 spiro atoms. The molecule has 0 aliphatic rings. The van der Waals surface area contributed by atoms with Crippen molar-refractivity contribution in [2.75, 3.05) is 0 Å². The van der Waals surface area contributed by atoms with Crippen molar-refractivity contribution < 1.29 is 0 Å². The van der Waals surface area contributed by atoms with Crippen LogP contribution in [0.4, 0.5) is 0 Å². The molecule has 0 fully saturated rings. The molecule has 2 rings (SSSR count).